The molecule has 0 heterocycles. The summed E-state index contributed by atoms with van der Waals surface area (Å²) in [6.45, 7) is 5.43. The van der Waals surface area contributed by atoms with E-state index in [0.717, 1.165) is 12.5 Å². The van der Waals surface area contributed by atoms with Gasteiger partial charge in [0.1, 0.15) is 0 Å². The predicted molar refractivity (Wildman–Crippen MR) is 49.8 cm³/mol. The molecule has 1 nitrogen and oxygen atoms in total. The van der Waals surface area contributed by atoms with E-state index in [1.807, 2.05) is 0 Å². The van der Waals surface area contributed by atoms with E-state index in [2.05, 4.69) is 13.8 Å². The molecular formula is C10H22O. The number of rotatable bonds is 7. The first-order valence-corrected chi connectivity index (χ1v) is 4.80. The van der Waals surface area contributed by atoms with Gasteiger partial charge in [-0.1, -0.05) is 39.5 Å². The van der Waals surface area contributed by atoms with E-state index >= 15 is 0 Å². The van der Waals surface area contributed by atoms with Crippen LogP contribution in [-0.2, 0) is 4.74 Å². The lowest BCUT2D eigenvalue weighted by atomic mass is 10.0. The molecule has 11 heavy (non-hydrogen) atoms. The van der Waals surface area contributed by atoms with Crippen LogP contribution in [0.25, 0.3) is 0 Å². The van der Waals surface area contributed by atoms with Gasteiger partial charge in [0.05, 0.1) is 0 Å². The van der Waals surface area contributed by atoms with Crippen molar-refractivity contribution in [3.8, 4) is 0 Å². The second-order valence-corrected chi connectivity index (χ2v) is 3.41. The Morgan fingerprint density at radius 3 is 2.45 bits per heavy atom. The second-order valence-electron chi connectivity index (χ2n) is 3.41. The van der Waals surface area contributed by atoms with Gasteiger partial charge in [0.25, 0.3) is 0 Å². The van der Waals surface area contributed by atoms with Crippen LogP contribution in [0.15, 0.2) is 0 Å². The lowest BCUT2D eigenvalue weighted by Gasteiger charge is -2.08. The molecule has 0 aromatic carbocycles. The Morgan fingerprint density at radius 2 is 1.91 bits per heavy atom. The van der Waals surface area contributed by atoms with Crippen molar-refractivity contribution in [1.82, 2.24) is 0 Å². The fraction of sp³-hybridized carbons (Fsp3) is 1.00. The Labute approximate surface area is 71.1 Å². The smallest absolute Gasteiger partial charge is 0.0487 e. The SMILES string of the molecule is CCCCCCC(C)COC. The Balaban J connectivity index is 2.97. The summed E-state index contributed by atoms with van der Waals surface area (Å²) in [5.74, 6) is 0.747. The average molecular weight is 158 g/mol. The highest BCUT2D eigenvalue weighted by atomic mass is 16.5. The monoisotopic (exact) mass is 158 g/mol. The fourth-order valence-corrected chi connectivity index (χ4v) is 1.29. The zero-order valence-electron chi connectivity index (χ0n) is 8.23. The Kier molecular flexibility index (Phi) is 8.03. The molecule has 0 bridgehead atoms. The highest BCUT2D eigenvalue weighted by molar-refractivity contribution is 4.51. The van der Waals surface area contributed by atoms with E-state index in [1.54, 1.807) is 7.11 Å². The van der Waals surface area contributed by atoms with Crippen LogP contribution in [0.3, 0.4) is 0 Å². The third kappa shape index (κ3) is 7.86. The summed E-state index contributed by atoms with van der Waals surface area (Å²) < 4.78 is 5.06. The van der Waals surface area contributed by atoms with Crippen LogP contribution < -0.4 is 0 Å². The molecule has 0 aliphatic heterocycles. The molecule has 0 saturated carbocycles. The summed E-state index contributed by atoms with van der Waals surface area (Å²) in [7, 11) is 1.78. The molecule has 0 aliphatic carbocycles. The molecule has 0 aliphatic rings. The Morgan fingerprint density at radius 1 is 1.18 bits per heavy atom. The van der Waals surface area contributed by atoms with E-state index in [-0.39, 0.29) is 0 Å². The third-order valence-electron chi connectivity index (χ3n) is 2.00. The lowest BCUT2D eigenvalue weighted by molar-refractivity contribution is 0.154. The molecule has 0 rings (SSSR count). The first-order chi connectivity index (χ1) is 5.31. The van der Waals surface area contributed by atoms with Crippen LogP contribution in [0.2, 0.25) is 0 Å². The van der Waals surface area contributed by atoms with Crippen LogP contribution in [0.5, 0.6) is 0 Å². The van der Waals surface area contributed by atoms with Gasteiger partial charge in [-0.15, -0.1) is 0 Å². The maximum Gasteiger partial charge on any atom is 0.0487 e. The summed E-state index contributed by atoms with van der Waals surface area (Å²) >= 11 is 0. The maximum absolute atomic E-state index is 5.06. The minimum atomic E-state index is 0.747. The summed E-state index contributed by atoms with van der Waals surface area (Å²) in [6.07, 6.45) is 6.81. The van der Waals surface area contributed by atoms with Crippen molar-refractivity contribution in [3.05, 3.63) is 0 Å². The Bertz CT molecular complexity index is 71.3. The van der Waals surface area contributed by atoms with Gasteiger partial charge in [-0.25, -0.2) is 0 Å². The zero-order chi connectivity index (χ0) is 8.53. The van der Waals surface area contributed by atoms with Crippen molar-refractivity contribution in [1.29, 1.82) is 0 Å². The molecule has 0 saturated heterocycles. The molecule has 0 aromatic heterocycles. The molecular weight excluding hydrogens is 136 g/mol. The van der Waals surface area contributed by atoms with E-state index in [9.17, 15) is 0 Å². The summed E-state index contributed by atoms with van der Waals surface area (Å²) in [6, 6.07) is 0. The van der Waals surface area contributed by atoms with Crippen molar-refractivity contribution in [3.63, 3.8) is 0 Å². The molecule has 1 atom stereocenters. The van der Waals surface area contributed by atoms with Gasteiger partial charge < -0.3 is 4.74 Å². The number of ether oxygens (including phenoxy) is 1. The van der Waals surface area contributed by atoms with E-state index in [0.29, 0.717) is 0 Å². The van der Waals surface area contributed by atoms with Crippen molar-refractivity contribution in [2.24, 2.45) is 5.92 Å². The second kappa shape index (κ2) is 8.06. The van der Waals surface area contributed by atoms with Crippen molar-refractivity contribution in [2.45, 2.75) is 46.0 Å². The minimum absolute atomic E-state index is 0.747. The molecule has 0 N–H and O–H groups in total. The number of hydrogen-bond acceptors (Lipinski definition) is 1. The molecule has 0 fully saturated rings. The summed E-state index contributed by atoms with van der Waals surface area (Å²) in [4.78, 5) is 0. The quantitative estimate of drug-likeness (QED) is 0.517. The van der Waals surface area contributed by atoms with Gasteiger partial charge in [-0.05, 0) is 12.3 Å². The summed E-state index contributed by atoms with van der Waals surface area (Å²) in [5, 5.41) is 0. The van der Waals surface area contributed by atoms with Gasteiger partial charge >= 0.3 is 0 Å². The normalized spacial score (nSPS) is 13.4. The minimum Gasteiger partial charge on any atom is -0.384 e. The van der Waals surface area contributed by atoms with Gasteiger partial charge in [0.15, 0.2) is 0 Å². The highest BCUT2D eigenvalue weighted by Crippen LogP contribution is 2.09. The maximum atomic E-state index is 5.06. The van der Waals surface area contributed by atoms with E-state index in [4.69, 9.17) is 4.74 Å². The van der Waals surface area contributed by atoms with Crippen molar-refractivity contribution < 1.29 is 4.74 Å². The van der Waals surface area contributed by atoms with Crippen LogP contribution >= 0.6 is 0 Å². The van der Waals surface area contributed by atoms with Crippen LogP contribution in [-0.4, -0.2) is 13.7 Å². The number of hydrogen-bond donors (Lipinski definition) is 0. The van der Waals surface area contributed by atoms with E-state index in [1.165, 1.54) is 32.1 Å². The van der Waals surface area contributed by atoms with E-state index < -0.39 is 0 Å². The molecule has 0 aromatic rings. The van der Waals surface area contributed by atoms with Gasteiger partial charge in [-0.2, -0.15) is 0 Å². The highest BCUT2D eigenvalue weighted by Gasteiger charge is 1.99. The lowest BCUT2D eigenvalue weighted by Crippen LogP contribution is -2.02. The van der Waals surface area contributed by atoms with Gasteiger partial charge in [0.2, 0.25) is 0 Å². The van der Waals surface area contributed by atoms with Crippen molar-refractivity contribution in [2.75, 3.05) is 13.7 Å². The topological polar surface area (TPSA) is 9.23 Å². The molecule has 1 unspecified atom stereocenters. The molecule has 0 radical (unpaired) electrons. The first-order valence-electron chi connectivity index (χ1n) is 4.80. The average Bonchev–Trinajstić information content (AvgIpc) is 1.99. The summed E-state index contributed by atoms with van der Waals surface area (Å²) in [5.41, 5.74) is 0. The van der Waals surface area contributed by atoms with Gasteiger partial charge in [0, 0.05) is 13.7 Å². The molecule has 68 valence electrons. The first kappa shape index (κ1) is 11.0. The number of methoxy groups -OCH3 is 1. The molecule has 1 heteroatoms. The van der Waals surface area contributed by atoms with Crippen LogP contribution in [0.4, 0.5) is 0 Å². The largest absolute Gasteiger partial charge is 0.384 e. The standard InChI is InChI=1S/C10H22O/c1-4-5-6-7-8-10(2)9-11-3/h10H,4-9H2,1-3H3. The molecule has 0 spiro atoms. The molecule has 0 amide bonds. The third-order valence-corrected chi connectivity index (χ3v) is 2.00. The van der Waals surface area contributed by atoms with Gasteiger partial charge in [-0.3, -0.25) is 0 Å². The van der Waals surface area contributed by atoms with Crippen molar-refractivity contribution >= 4 is 0 Å². The fourth-order valence-electron chi connectivity index (χ4n) is 1.29. The number of unbranched alkanes of at least 4 members (excludes halogenated alkanes) is 3. The predicted octanol–water partition coefficient (Wildman–Crippen LogP) is 3.24. The van der Waals surface area contributed by atoms with Crippen LogP contribution in [0.1, 0.15) is 46.0 Å². The Hall–Kier alpha value is -0.0400. The zero-order valence-corrected chi connectivity index (χ0v) is 8.23. The van der Waals surface area contributed by atoms with Crippen LogP contribution in [0, 0.1) is 5.92 Å².